The fraction of sp³-hybridized carbons (Fsp3) is 0.500. The Kier molecular flexibility index (Phi) is 3.71. The van der Waals surface area contributed by atoms with E-state index in [1.165, 1.54) is 0 Å². The first-order valence-electron chi connectivity index (χ1n) is 4.63. The molecule has 0 saturated heterocycles. The molecule has 0 bridgehead atoms. The van der Waals surface area contributed by atoms with Crippen molar-refractivity contribution >= 4 is 5.91 Å². The van der Waals surface area contributed by atoms with E-state index in [1.807, 2.05) is 19.9 Å². The van der Waals surface area contributed by atoms with Crippen molar-refractivity contribution in [3.63, 3.8) is 0 Å². The summed E-state index contributed by atoms with van der Waals surface area (Å²) in [6.45, 7) is 4.37. The Balaban J connectivity index is 2.41. The quantitative estimate of drug-likeness (QED) is 0.749. The Bertz CT molecular complexity index is 307. The Morgan fingerprint density at radius 2 is 2.36 bits per heavy atom. The molecule has 0 aliphatic carbocycles. The van der Waals surface area contributed by atoms with E-state index in [4.69, 9.17) is 4.42 Å². The lowest BCUT2D eigenvalue weighted by Crippen LogP contribution is -2.40. The van der Waals surface area contributed by atoms with Crippen LogP contribution < -0.4 is 10.6 Å². The lowest BCUT2D eigenvalue weighted by atomic mass is 10.2. The molecule has 1 aromatic rings. The van der Waals surface area contributed by atoms with Crippen molar-refractivity contribution < 1.29 is 9.21 Å². The summed E-state index contributed by atoms with van der Waals surface area (Å²) in [5, 5.41) is 5.65. The van der Waals surface area contributed by atoms with Crippen molar-refractivity contribution in [2.45, 2.75) is 26.4 Å². The molecule has 0 radical (unpaired) electrons. The van der Waals surface area contributed by atoms with E-state index >= 15 is 0 Å². The van der Waals surface area contributed by atoms with Gasteiger partial charge in [0.15, 0.2) is 0 Å². The molecule has 0 unspecified atom stereocenters. The molecule has 0 spiro atoms. The van der Waals surface area contributed by atoms with Gasteiger partial charge in [0.2, 0.25) is 5.91 Å². The maximum atomic E-state index is 11.2. The highest BCUT2D eigenvalue weighted by molar-refractivity contribution is 5.80. The van der Waals surface area contributed by atoms with Crippen LogP contribution in [0.2, 0.25) is 0 Å². The molecular formula is C10H16N2O2. The maximum Gasteiger partial charge on any atom is 0.236 e. The Hall–Kier alpha value is -1.29. The lowest BCUT2D eigenvalue weighted by Gasteiger charge is -2.10. The molecule has 1 heterocycles. The number of nitrogens with one attached hydrogen (secondary N) is 2. The van der Waals surface area contributed by atoms with Crippen LogP contribution in [0.1, 0.15) is 18.2 Å². The van der Waals surface area contributed by atoms with Crippen LogP contribution in [0.5, 0.6) is 0 Å². The molecule has 2 N–H and O–H groups in total. The van der Waals surface area contributed by atoms with Crippen molar-refractivity contribution in [2.75, 3.05) is 7.05 Å². The summed E-state index contributed by atoms with van der Waals surface area (Å²) in [4.78, 5) is 11.2. The van der Waals surface area contributed by atoms with Crippen molar-refractivity contribution in [1.29, 1.82) is 0 Å². The van der Waals surface area contributed by atoms with Crippen LogP contribution >= 0.6 is 0 Å². The first-order valence-corrected chi connectivity index (χ1v) is 4.63. The van der Waals surface area contributed by atoms with Gasteiger partial charge in [0.1, 0.15) is 5.76 Å². The minimum atomic E-state index is -0.204. The summed E-state index contributed by atoms with van der Waals surface area (Å²) in [5.74, 6) is 0.856. The smallest absolute Gasteiger partial charge is 0.236 e. The molecule has 1 atom stereocenters. The number of likely N-dealkylation sites (N-methyl/N-ethyl adjacent to an activating group) is 1. The zero-order valence-electron chi connectivity index (χ0n) is 8.76. The highest BCUT2D eigenvalue weighted by Crippen LogP contribution is 2.07. The Morgan fingerprint density at radius 3 is 2.86 bits per heavy atom. The predicted molar refractivity (Wildman–Crippen MR) is 53.8 cm³/mol. The van der Waals surface area contributed by atoms with Crippen molar-refractivity contribution in [3.8, 4) is 0 Å². The number of carbonyl (C=O) groups excluding carboxylic acids is 1. The zero-order chi connectivity index (χ0) is 10.6. The SMILES string of the molecule is CNC(=O)[C@@H](C)NCc1occc1C. The van der Waals surface area contributed by atoms with Gasteiger partial charge in [-0.2, -0.15) is 0 Å². The molecule has 0 saturated carbocycles. The van der Waals surface area contributed by atoms with Gasteiger partial charge in [0.05, 0.1) is 18.8 Å². The number of furan rings is 1. The number of amides is 1. The number of aryl methyl sites for hydroxylation is 1. The van der Waals surface area contributed by atoms with E-state index < -0.39 is 0 Å². The summed E-state index contributed by atoms with van der Waals surface area (Å²) in [5.41, 5.74) is 1.10. The fourth-order valence-corrected chi connectivity index (χ4v) is 1.14. The third-order valence-electron chi connectivity index (χ3n) is 2.18. The first kappa shape index (κ1) is 10.8. The van der Waals surface area contributed by atoms with E-state index in [9.17, 15) is 4.79 Å². The maximum absolute atomic E-state index is 11.2. The molecule has 1 aromatic heterocycles. The van der Waals surface area contributed by atoms with Gasteiger partial charge in [-0.3, -0.25) is 10.1 Å². The highest BCUT2D eigenvalue weighted by atomic mass is 16.3. The van der Waals surface area contributed by atoms with Crippen LogP contribution in [0.15, 0.2) is 16.7 Å². The van der Waals surface area contributed by atoms with Crippen LogP contribution in [0.3, 0.4) is 0 Å². The molecule has 1 amide bonds. The monoisotopic (exact) mass is 196 g/mol. The van der Waals surface area contributed by atoms with Crippen LogP contribution in [0.25, 0.3) is 0 Å². The Morgan fingerprint density at radius 1 is 1.64 bits per heavy atom. The van der Waals surface area contributed by atoms with E-state index in [-0.39, 0.29) is 11.9 Å². The standard InChI is InChI=1S/C10H16N2O2/c1-7-4-5-14-9(7)6-12-8(2)10(13)11-3/h4-5,8,12H,6H2,1-3H3,(H,11,13)/t8-/m1/s1. The van der Waals surface area contributed by atoms with E-state index in [0.717, 1.165) is 11.3 Å². The van der Waals surface area contributed by atoms with Crippen LogP contribution in [-0.2, 0) is 11.3 Å². The average Bonchev–Trinajstić information content (AvgIpc) is 2.59. The minimum Gasteiger partial charge on any atom is -0.468 e. The number of hydrogen-bond donors (Lipinski definition) is 2. The topological polar surface area (TPSA) is 54.3 Å². The van der Waals surface area contributed by atoms with Crippen molar-refractivity contribution in [2.24, 2.45) is 0 Å². The molecule has 0 aromatic carbocycles. The van der Waals surface area contributed by atoms with Gasteiger partial charge in [-0.05, 0) is 25.5 Å². The molecule has 4 heteroatoms. The van der Waals surface area contributed by atoms with Gasteiger partial charge in [0.25, 0.3) is 0 Å². The zero-order valence-corrected chi connectivity index (χ0v) is 8.76. The van der Waals surface area contributed by atoms with Crippen molar-refractivity contribution in [3.05, 3.63) is 23.7 Å². The summed E-state index contributed by atoms with van der Waals surface area (Å²) < 4.78 is 5.23. The van der Waals surface area contributed by atoms with Gasteiger partial charge in [-0.25, -0.2) is 0 Å². The summed E-state index contributed by atoms with van der Waals surface area (Å²) >= 11 is 0. The van der Waals surface area contributed by atoms with Crippen LogP contribution in [0, 0.1) is 6.92 Å². The Labute approximate surface area is 83.7 Å². The highest BCUT2D eigenvalue weighted by Gasteiger charge is 2.11. The minimum absolute atomic E-state index is 0.0193. The molecular weight excluding hydrogens is 180 g/mol. The van der Waals surface area contributed by atoms with Gasteiger partial charge in [0, 0.05) is 7.05 Å². The average molecular weight is 196 g/mol. The second-order valence-electron chi connectivity index (χ2n) is 3.24. The molecule has 0 fully saturated rings. The molecule has 1 rings (SSSR count). The lowest BCUT2D eigenvalue weighted by molar-refractivity contribution is -0.122. The number of hydrogen-bond acceptors (Lipinski definition) is 3. The van der Waals surface area contributed by atoms with E-state index in [2.05, 4.69) is 10.6 Å². The largest absolute Gasteiger partial charge is 0.468 e. The molecule has 4 nitrogen and oxygen atoms in total. The first-order chi connectivity index (χ1) is 6.65. The molecule has 78 valence electrons. The molecule has 0 aliphatic heterocycles. The van der Waals surface area contributed by atoms with Gasteiger partial charge in [-0.1, -0.05) is 0 Å². The molecule has 14 heavy (non-hydrogen) atoms. The fourth-order valence-electron chi connectivity index (χ4n) is 1.14. The van der Waals surface area contributed by atoms with Gasteiger partial charge < -0.3 is 9.73 Å². The number of carbonyl (C=O) groups is 1. The molecule has 0 aliphatic rings. The van der Waals surface area contributed by atoms with Crippen LogP contribution in [0.4, 0.5) is 0 Å². The van der Waals surface area contributed by atoms with Crippen molar-refractivity contribution in [1.82, 2.24) is 10.6 Å². The van der Waals surface area contributed by atoms with Crippen LogP contribution in [-0.4, -0.2) is 19.0 Å². The summed E-state index contributed by atoms with van der Waals surface area (Å²) in [6.07, 6.45) is 1.65. The van der Waals surface area contributed by atoms with E-state index in [1.54, 1.807) is 13.3 Å². The summed E-state index contributed by atoms with van der Waals surface area (Å²) in [6, 6.07) is 1.70. The van der Waals surface area contributed by atoms with E-state index in [0.29, 0.717) is 6.54 Å². The van der Waals surface area contributed by atoms with Gasteiger partial charge in [-0.15, -0.1) is 0 Å². The third kappa shape index (κ3) is 2.60. The summed E-state index contributed by atoms with van der Waals surface area (Å²) in [7, 11) is 1.62. The normalized spacial score (nSPS) is 12.5. The number of rotatable bonds is 4. The second kappa shape index (κ2) is 4.81. The van der Waals surface area contributed by atoms with Gasteiger partial charge >= 0.3 is 0 Å². The third-order valence-corrected chi connectivity index (χ3v) is 2.18. The predicted octanol–water partition coefficient (Wildman–Crippen LogP) is 0.812. The second-order valence-corrected chi connectivity index (χ2v) is 3.24.